The van der Waals surface area contributed by atoms with Crippen LogP contribution < -0.4 is 4.90 Å². The summed E-state index contributed by atoms with van der Waals surface area (Å²) in [6, 6.07) is 3.23. The SMILES string of the molecule is CCCCC(=O)N1CCC/C(=C(/CC)C(=O)O)c2ccc(C(F)(F)F)cc21. The highest BCUT2D eigenvalue weighted by molar-refractivity contribution is 6.02. The number of hydrogen-bond acceptors (Lipinski definition) is 2. The highest BCUT2D eigenvalue weighted by Crippen LogP contribution is 2.40. The fourth-order valence-electron chi connectivity index (χ4n) is 3.38. The van der Waals surface area contributed by atoms with E-state index in [0.29, 0.717) is 30.4 Å². The van der Waals surface area contributed by atoms with Gasteiger partial charge in [0, 0.05) is 24.1 Å². The summed E-state index contributed by atoms with van der Waals surface area (Å²) < 4.78 is 39.7. The van der Waals surface area contributed by atoms with Crippen molar-refractivity contribution in [3.8, 4) is 0 Å². The number of anilines is 1. The van der Waals surface area contributed by atoms with Crippen LogP contribution in [0.3, 0.4) is 0 Å². The highest BCUT2D eigenvalue weighted by Gasteiger charge is 2.34. The van der Waals surface area contributed by atoms with E-state index >= 15 is 0 Å². The van der Waals surface area contributed by atoms with Crippen LogP contribution in [0.4, 0.5) is 18.9 Å². The summed E-state index contributed by atoms with van der Waals surface area (Å²) >= 11 is 0. The van der Waals surface area contributed by atoms with Gasteiger partial charge in [-0.15, -0.1) is 0 Å². The molecule has 0 spiro atoms. The predicted molar refractivity (Wildman–Crippen MR) is 97.4 cm³/mol. The van der Waals surface area contributed by atoms with Gasteiger partial charge in [-0.25, -0.2) is 4.79 Å². The zero-order valence-electron chi connectivity index (χ0n) is 15.5. The molecule has 27 heavy (non-hydrogen) atoms. The van der Waals surface area contributed by atoms with Crippen LogP contribution in [0.2, 0.25) is 0 Å². The molecule has 0 radical (unpaired) electrons. The summed E-state index contributed by atoms with van der Waals surface area (Å²) in [7, 11) is 0. The minimum absolute atomic E-state index is 0.158. The molecule has 0 unspecified atom stereocenters. The molecule has 1 amide bonds. The topological polar surface area (TPSA) is 57.6 Å². The number of halogens is 3. The van der Waals surface area contributed by atoms with Crippen LogP contribution in [0.5, 0.6) is 0 Å². The zero-order valence-corrected chi connectivity index (χ0v) is 15.5. The van der Waals surface area contributed by atoms with Gasteiger partial charge in [0.2, 0.25) is 5.91 Å². The minimum atomic E-state index is -4.54. The van der Waals surface area contributed by atoms with E-state index in [1.54, 1.807) is 6.92 Å². The minimum Gasteiger partial charge on any atom is -0.478 e. The third-order valence-corrected chi connectivity index (χ3v) is 4.77. The van der Waals surface area contributed by atoms with Crippen LogP contribution >= 0.6 is 0 Å². The van der Waals surface area contributed by atoms with E-state index in [1.807, 2.05) is 6.92 Å². The number of hydrogen-bond donors (Lipinski definition) is 1. The second-order valence-electron chi connectivity index (χ2n) is 6.60. The number of carbonyl (C=O) groups excluding carboxylic acids is 1. The molecule has 0 atom stereocenters. The number of unbranched alkanes of at least 4 members (excludes halogenated alkanes) is 1. The maximum Gasteiger partial charge on any atom is 0.416 e. The molecule has 0 aromatic heterocycles. The number of nitrogens with zero attached hydrogens (tertiary/aromatic N) is 1. The first-order valence-electron chi connectivity index (χ1n) is 9.18. The van der Waals surface area contributed by atoms with E-state index in [0.717, 1.165) is 18.6 Å². The van der Waals surface area contributed by atoms with Gasteiger partial charge >= 0.3 is 12.1 Å². The molecular formula is C20H24F3NO3. The number of amides is 1. The van der Waals surface area contributed by atoms with E-state index in [-0.39, 0.29) is 36.6 Å². The Labute approximate surface area is 156 Å². The summed E-state index contributed by atoms with van der Waals surface area (Å²) in [6.07, 6.45) is -1.66. The summed E-state index contributed by atoms with van der Waals surface area (Å²) in [4.78, 5) is 25.6. The number of alkyl halides is 3. The molecule has 2 rings (SSSR count). The van der Waals surface area contributed by atoms with Crippen molar-refractivity contribution in [3.63, 3.8) is 0 Å². The first-order chi connectivity index (χ1) is 12.7. The Balaban J connectivity index is 2.66. The number of carboxylic acid groups (broad SMARTS) is 1. The monoisotopic (exact) mass is 383 g/mol. The average Bonchev–Trinajstić information content (AvgIpc) is 2.79. The zero-order chi connectivity index (χ0) is 20.2. The number of rotatable bonds is 5. The van der Waals surface area contributed by atoms with E-state index in [1.165, 1.54) is 11.0 Å². The molecule has 1 aromatic carbocycles. The summed E-state index contributed by atoms with van der Waals surface area (Å²) in [5.41, 5.74) is 0.415. The fraction of sp³-hybridized carbons (Fsp3) is 0.500. The lowest BCUT2D eigenvalue weighted by atomic mass is 9.93. The molecule has 4 nitrogen and oxygen atoms in total. The van der Waals surface area contributed by atoms with Crippen molar-refractivity contribution in [2.45, 2.75) is 58.5 Å². The van der Waals surface area contributed by atoms with Gasteiger partial charge in [0.05, 0.1) is 11.3 Å². The van der Waals surface area contributed by atoms with E-state index in [4.69, 9.17) is 0 Å². The van der Waals surface area contributed by atoms with E-state index in [2.05, 4.69) is 0 Å². The maximum atomic E-state index is 13.2. The van der Waals surface area contributed by atoms with Crippen molar-refractivity contribution in [3.05, 3.63) is 34.9 Å². The van der Waals surface area contributed by atoms with Crippen LogP contribution in [-0.4, -0.2) is 23.5 Å². The lowest BCUT2D eigenvalue weighted by molar-refractivity contribution is -0.137. The molecule has 1 aliphatic rings. The van der Waals surface area contributed by atoms with Gasteiger partial charge in [-0.05, 0) is 43.4 Å². The standard InChI is InChI=1S/C20H24F3NO3/c1-3-5-8-18(25)24-11-6-7-15(14(4-2)19(26)27)16-10-9-13(12-17(16)24)20(21,22)23/h9-10,12H,3-8,11H2,1-2H3,(H,26,27)/b15-14+. The molecule has 0 aliphatic carbocycles. The van der Waals surface area contributed by atoms with Crippen molar-refractivity contribution >= 4 is 23.1 Å². The number of carbonyl (C=O) groups is 2. The second kappa shape index (κ2) is 8.59. The number of allylic oxidation sites excluding steroid dienone is 1. The van der Waals surface area contributed by atoms with Crippen molar-refractivity contribution in [2.24, 2.45) is 0 Å². The summed E-state index contributed by atoms with van der Waals surface area (Å²) in [5.74, 6) is -1.31. The Morgan fingerprint density at radius 2 is 1.93 bits per heavy atom. The van der Waals surface area contributed by atoms with Gasteiger partial charge in [0.15, 0.2) is 0 Å². The normalized spacial score (nSPS) is 16.6. The van der Waals surface area contributed by atoms with E-state index in [9.17, 15) is 27.9 Å². The van der Waals surface area contributed by atoms with Gasteiger partial charge in [0.25, 0.3) is 0 Å². The third kappa shape index (κ3) is 4.70. The number of fused-ring (bicyclic) bond motifs is 1. The predicted octanol–water partition coefficient (Wildman–Crippen LogP) is 5.27. The lowest BCUT2D eigenvalue weighted by Crippen LogP contribution is -2.31. The Morgan fingerprint density at radius 1 is 1.22 bits per heavy atom. The third-order valence-electron chi connectivity index (χ3n) is 4.77. The molecule has 1 N–H and O–H groups in total. The highest BCUT2D eigenvalue weighted by atomic mass is 19.4. The Morgan fingerprint density at radius 3 is 2.48 bits per heavy atom. The molecule has 7 heteroatoms. The summed E-state index contributed by atoms with van der Waals surface area (Å²) in [6.45, 7) is 3.92. The van der Waals surface area contributed by atoms with Crippen molar-refractivity contribution in [2.75, 3.05) is 11.4 Å². The Hall–Kier alpha value is -2.31. The first kappa shape index (κ1) is 21.0. The van der Waals surface area contributed by atoms with Crippen molar-refractivity contribution in [1.29, 1.82) is 0 Å². The van der Waals surface area contributed by atoms with Crippen molar-refractivity contribution in [1.82, 2.24) is 0 Å². The fourth-order valence-corrected chi connectivity index (χ4v) is 3.38. The number of carboxylic acids is 1. The van der Waals surface area contributed by atoms with Crippen LogP contribution in [0.25, 0.3) is 5.57 Å². The molecule has 0 bridgehead atoms. The van der Waals surface area contributed by atoms with E-state index < -0.39 is 17.7 Å². The Kier molecular flexibility index (Phi) is 6.68. The molecule has 0 saturated carbocycles. The second-order valence-corrected chi connectivity index (χ2v) is 6.60. The molecule has 1 aliphatic heterocycles. The molecule has 0 saturated heterocycles. The molecular weight excluding hydrogens is 359 g/mol. The quantitative estimate of drug-likeness (QED) is 0.705. The largest absolute Gasteiger partial charge is 0.478 e. The van der Waals surface area contributed by atoms with Gasteiger partial charge in [0.1, 0.15) is 0 Å². The molecule has 1 aromatic rings. The first-order valence-corrected chi connectivity index (χ1v) is 9.18. The van der Waals surface area contributed by atoms with Crippen LogP contribution in [0.1, 0.15) is 63.5 Å². The smallest absolute Gasteiger partial charge is 0.416 e. The lowest BCUT2D eigenvalue weighted by Gasteiger charge is -2.24. The molecule has 148 valence electrons. The average molecular weight is 383 g/mol. The molecule has 0 fully saturated rings. The Bertz CT molecular complexity index is 753. The van der Waals surface area contributed by atoms with Gasteiger partial charge in [-0.1, -0.05) is 26.3 Å². The van der Waals surface area contributed by atoms with Crippen LogP contribution in [-0.2, 0) is 15.8 Å². The molecule has 1 heterocycles. The van der Waals surface area contributed by atoms with Gasteiger partial charge < -0.3 is 10.0 Å². The van der Waals surface area contributed by atoms with Crippen LogP contribution in [0.15, 0.2) is 23.8 Å². The maximum absolute atomic E-state index is 13.2. The van der Waals surface area contributed by atoms with Gasteiger partial charge in [-0.3, -0.25) is 4.79 Å². The van der Waals surface area contributed by atoms with Crippen LogP contribution in [0, 0.1) is 0 Å². The summed E-state index contributed by atoms with van der Waals surface area (Å²) in [5, 5.41) is 9.50. The van der Waals surface area contributed by atoms with Gasteiger partial charge in [-0.2, -0.15) is 13.2 Å². The number of benzene rings is 1. The van der Waals surface area contributed by atoms with Crippen molar-refractivity contribution < 1.29 is 27.9 Å². The number of aliphatic carboxylic acids is 1.